The van der Waals surface area contributed by atoms with Gasteiger partial charge in [0.25, 0.3) is 0 Å². The van der Waals surface area contributed by atoms with E-state index in [9.17, 15) is 41.0 Å². The zero-order valence-electron chi connectivity index (χ0n) is 28.0. The van der Waals surface area contributed by atoms with Gasteiger partial charge in [-0.2, -0.15) is 26.3 Å². The summed E-state index contributed by atoms with van der Waals surface area (Å²) in [6.07, 6.45) is -11.0. The SMILES string of the molecule is COc1ccc(-c2ccc(C(=O)O)cc2C)cc1-c1cnc(N2CCOCC2)nc1CN1C(=O)OC(c2cc(C(F)(F)F)cc(C(F)(F)F)c2)[C@@H]1C. The number of hydrogen-bond donors (Lipinski definition) is 1. The molecule has 3 aromatic carbocycles. The number of amides is 1. The Bertz CT molecular complexity index is 1980. The fraction of sp³-hybridized carbons (Fsp3) is 0.333. The van der Waals surface area contributed by atoms with Gasteiger partial charge in [0.1, 0.15) is 11.9 Å². The maximum atomic E-state index is 13.7. The number of ether oxygens (including phenoxy) is 3. The van der Waals surface area contributed by atoms with Gasteiger partial charge in [0.15, 0.2) is 0 Å². The van der Waals surface area contributed by atoms with Crippen molar-refractivity contribution in [3.05, 3.63) is 94.3 Å². The molecule has 1 amide bonds. The van der Waals surface area contributed by atoms with E-state index in [0.717, 1.165) is 5.56 Å². The molecule has 1 aromatic heterocycles. The fourth-order valence-corrected chi connectivity index (χ4v) is 6.34. The fourth-order valence-electron chi connectivity index (χ4n) is 6.34. The van der Waals surface area contributed by atoms with E-state index < -0.39 is 53.3 Å². The number of morpholine rings is 1. The lowest BCUT2D eigenvalue weighted by atomic mass is 9.94. The molecule has 10 nitrogen and oxygen atoms in total. The van der Waals surface area contributed by atoms with Crippen molar-refractivity contribution < 1.29 is 55.2 Å². The Morgan fingerprint density at radius 2 is 1.62 bits per heavy atom. The van der Waals surface area contributed by atoms with Crippen molar-refractivity contribution in [2.24, 2.45) is 0 Å². The Morgan fingerprint density at radius 1 is 0.942 bits per heavy atom. The third-order valence-corrected chi connectivity index (χ3v) is 9.07. The summed E-state index contributed by atoms with van der Waals surface area (Å²) in [6, 6.07) is 10.1. The van der Waals surface area contributed by atoms with Crippen LogP contribution in [0.25, 0.3) is 22.3 Å². The van der Waals surface area contributed by atoms with Crippen LogP contribution in [0.4, 0.5) is 37.1 Å². The van der Waals surface area contributed by atoms with Crippen LogP contribution < -0.4 is 9.64 Å². The summed E-state index contributed by atoms with van der Waals surface area (Å²) < 4.78 is 98.7. The molecule has 2 aliphatic heterocycles. The van der Waals surface area contributed by atoms with Gasteiger partial charge in [-0.05, 0) is 78.6 Å². The van der Waals surface area contributed by atoms with Crippen LogP contribution in [-0.4, -0.2) is 71.5 Å². The number of rotatable bonds is 8. The molecule has 0 saturated carbocycles. The second kappa shape index (κ2) is 14.0. The Kier molecular flexibility index (Phi) is 9.79. The molecule has 0 spiro atoms. The number of anilines is 1. The third kappa shape index (κ3) is 7.33. The molecule has 2 atom stereocenters. The molecular formula is C36H32F6N4O6. The van der Waals surface area contributed by atoms with Crippen LogP contribution in [0.3, 0.4) is 0 Å². The van der Waals surface area contributed by atoms with E-state index in [4.69, 9.17) is 19.2 Å². The van der Waals surface area contributed by atoms with Crippen molar-refractivity contribution in [2.45, 2.75) is 44.9 Å². The molecule has 3 heterocycles. The third-order valence-electron chi connectivity index (χ3n) is 9.07. The number of carbonyl (C=O) groups excluding carboxylic acids is 1. The van der Waals surface area contributed by atoms with Crippen LogP contribution in [-0.2, 0) is 28.4 Å². The first-order chi connectivity index (χ1) is 24.5. The molecule has 2 fully saturated rings. The van der Waals surface area contributed by atoms with E-state index in [1.54, 1.807) is 43.5 Å². The number of nitrogens with zero attached hydrogens (tertiary/aromatic N) is 4. The number of halogens is 6. The molecule has 0 aliphatic carbocycles. The molecule has 4 aromatic rings. The van der Waals surface area contributed by atoms with E-state index in [1.807, 2.05) is 4.90 Å². The minimum absolute atomic E-state index is 0.0204. The lowest BCUT2D eigenvalue weighted by Gasteiger charge is -2.28. The van der Waals surface area contributed by atoms with Crippen LogP contribution in [0.2, 0.25) is 0 Å². The molecule has 274 valence electrons. The van der Waals surface area contributed by atoms with Gasteiger partial charge in [-0.1, -0.05) is 12.1 Å². The summed E-state index contributed by atoms with van der Waals surface area (Å²) in [6.45, 7) is 4.79. The molecule has 2 aliphatic rings. The van der Waals surface area contributed by atoms with Crippen LogP contribution in [0.5, 0.6) is 5.75 Å². The second-order valence-corrected chi connectivity index (χ2v) is 12.4. The number of carboxylic acids is 1. The maximum absolute atomic E-state index is 13.7. The highest BCUT2D eigenvalue weighted by atomic mass is 19.4. The number of carbonyl (C=O) groups is 2. The minimum Gasteiger partial charge on any atom is -0.496 e. The minimum atomic E-state index is -5.09. The van der Waals surface area contributed by atoms with Crippen LogP contribution >= 0.6 is 0 Å². The van der Waals surface area contributed by atoms with Crippen molar-refractivity contribution in [1.29, 1.82) is 0 Å². The Labute approximate surface area is 293 Å². The number of carboxylic acid groups (broad SMARTS) is 1. The highest BCUT2D eigenvalue weighted by molar-refractivity contribution is 5.89. The molecule has 1 unspecified atom stereocenters. The highest BCUT2D eigenvalue weighted by Gasteiger charge is 2.43. The van der Waals surface area contributed by atoms with Gasteiger partial charge < -0.3 is 24.2 Å². The summed E-state index contributed by atoms with van der Waals surface area (Å²) in [5.41, 5.74) is -0.0125. The molecule has 1 N–H and O–H groups in total. The molecule has 0 radical (unpaired) electrons. The van der Waals surface area contributed by atoms with Gasteiger partial charge in [0.2, 0.25) is 5.95 Å². The van der Waals surface area contributed by atoms with E-state index in [1.165, 1.54) is 25.0 Å². The number of aromatic carboxylic acids is 1. The number of alkyl halides is 6. The second-order valence-electron chi connectivity index (χ2n) is 12.4. The lowest BCUT2D eigenvalue weighted by Crippen LogP contribution is -2.38. The number of benzene rings is 3. The summed E-state index contributed by atoms with van der Waals surface area (Å²) in [5, 5.41) is 9.44. The van der Waals surface area contributed by atoms with Crippen molar-refractivity contribution in [3.63, 3.8) is 0 Å². The van der Waals surface area contributed by atoms with Gasteiger partial charge in [0, 0.05) is 30.4 Å². The zero-order chi connectivity index (χ0) is 37.5. The quantitative estimate of drug-likeness (QED) is 0.182. The standard InChI is InChI=1S/C36H32F6N4O6/c1-19-12-22(32(47)48)4-6-26(19)21-5-7-30(50-3)27(15-21)28-17-43-33(45-8-10-51-11-9-45)44-29(28)18-46-20(2)31(52-34(46)49)23-13-24(35(37,38)39)16-25(14-23)36(40,41)42/h4-7,12-17,20,31H,8-11,18H2,1-3H3,(H,47,48)/t20-,31?/m0/s1. The Morgan fingerprint density at radius 3 is 2.21 bits per heavy atom. The van der Waals surface area contributed by atoms with Crippen molar-refractivity contribution in [2.75, 3.05) is 38.3 Å². The monoisotopic (exact) mass is 730 g/mol. The van der Waals surface area contributed by atoms with Crippen LogP contribution in [0, 0.1) is 6.92 Å². The summed E-state index contributed by atoms with van der Waals surface area (Å²) >= 11 is 0. The molecule has 16 heteroatoms. The number of hydrogen-bond acceptors (Lipinski definition) is 8. The zero-order valence-corrected chi connectivity index (χ0v) is 28.0. The molecule has 52 heavy (non-hydrogen) atoms. The van der Waals surface area contributed by atoms with Gasteiger partial charge in [-0.15, -0.1) is 0 Å². The normalized spacial score (nSPS) is 18.1. The first kappa shape index (κ1) is 36.4. The van der Waals surface area contributed by atoms with Crippen molar-refractivity contribution in [3.8, 4) is 28.0 Å². The molecular weight excluding hydrogens is 698 g/mol. The number of aromatic nitrogens is 2. The smallest absolute Gasteiger partial charge is 0.416 e. The van der Waals surface area contributed by atoms with E-state index in [0.29, 0.717) is 78.1 Å². The van der Waals surface area contributed by atoms with E-state index in [-0.39, 0.29) is 18.2 Å². The van der Waals surface area contributed by atoms with Crippen molar-refractivity contribution >= 4 is 18.0 Å². The maximum Gasteiger partial charge on any atom is 0.416 e. The Balaban J connectivity index is 1.42. The largest absolute Gasteiger partial charge is 0.496 e. The summed E-state index contributed by atoms with van der Waals surface area (Å²) in [7, 11) is 1.46. The van der Waals surface area contributed by atoms with Gasteiger partial charge in [0.05, 0.1) is 55.3 Å². The lowest BCUT2D eigenvalue weighted by molar-refractivity contribution is -0.143. The molecule has 0 bridgehead atoms. The predicted octanol–water partition coefficient (Wildman–Crippen LogP) is 7.78. The first-order valence-electron chi connectivity index (χ1n) is 16.0. The number of aryl methyl sites for hydroxylation is 1. The van der Waals surface area contributed by atoms with Gasteiger partial charge >= 0.3 is 24.4 Å². The topological polar surface area (TPSA) is 114 Å². The molecule has 2 saturated heterocycles. The van der Waals surface area contributed by atoms with Gasteiger partial charge in [-0.3, -0.25) is 4.90 Å². The molecule has 6 rings (SSSR count). The highest BCUT2D eigenvalue weighted by Crippen LogP contribution is 2.42. The van der Waals surface area contributed by atoms with Crippen molar-refractivity contribution in [1.82, 2.24) is 14.9 Å². The average molecular weight is 731 g/mol. The van der Waals surface area contributed by atoms with E-state index >= 15 is 0 Å². The summed E-state index contributed by atoms with van der Waals surface area (Å²) in [4.78, 5) is 37.4. The van der Waals surface area contributed by atoms with Crippen LogP contribution in [0.15, 0.2) is 60.8 Å². The Hall–Kier alpha value is -5.38. The summed E-state index contributed by atoms with van der Waals surface area (Å²) in [5.74, 6) is -0.342. The van der Waals surface area contributed by atoms with Crippen LogP contribution in [0.1, 0.15) is 51.3 Å². The average Bonchev–Trinajstić information content (AvgIpc) is 3.39. The predicted molar refractivity (Wildman–Crippen MR) is 175 cm³/mol. The van der Waals surface area contributed by atoms with Gasteiger partial charge in [-0.25, -0.2) is 19.6 Å². The number of methoxy groups -OCH3 is 1. The first-order valence-corrected chi connectivity index (χ1v) is 16.0. The number of cyclic esters (lactones) is 1. The van der Waals surface area contributed by atoms with E-state index in [2.05, 4.69) is 4.98 Å².